The lowest BCUT2D eigenvalue weighted by Crippen LogP contribution is -2.46. The molecule has 0 saturated carbocycles. The largest absolute Gasteiger partial charge is 0.382 e. The van der Waals surface area contributed by atoms with Gasteiger partial charge in [0.1, 0.15) is 0 Å². The Labute approximate surface area is 156 Å². The van der Waals surface area contributed by atoms with Gasteiger partial charge < -0.3 is 25.0 Å². The molecule has 1 aliphatic rings. The molecule has 0 bridgehead atoms. The Kier molecular flexibility index (Phi) is 14.6. The Morgan fingerprint density at radius 1 is 1.13 bits per heavy atom. The van der Waals surface area contributed by atoms with Gasteiger partial charge in [0.25, 0.3) is 0 Å². The van der Waals surface area contributed by atoms with E-state index in [-0.39, 0.29) is 29.9 Å². The summed E-state index contributed by atoms with van der Waals surface area (Å²) in [6.45, 7) is 4.73. The molecule has 0 aromatic heterocycles. The predicted octanol–water partition coefficient (Wildman–Crippen LogP) is 0.835. The molecule has 0 spiro atoms. The molecule has 1 saturated heterocycles. The number of guanidine groups is 1. The molecule has 1 heterocycles. The lowest BCUT2D eigenvalue weighted by Gasteiger charge is -2.27. The van der Waals surface area contributed by atoms with Crippen molar-refractivity contribution >= 4 is 35.8 Å². The van der Waals surface area contributed by atoms with Gasteiger partial charge in [-0.2, -0.15) is 0 Å². The van der Waals surface area contributed by atoms with E-state index in [2.05, 4.69) is 15.6 Å². The van der Waals surface area contributed by atoms with Crippen molar-refractivity contribution < 1.29 is 14.3 Å². The Balaban J connectivity index is 0.00000484. The van der Waals surface area contributed by atoms with Crippen LogP contribution in [0.15, 0.2) is 4.99 Å². The molecule has 2 N–H and O–H groups in total. The summed E-state index contributed by atoms with van der Waals surface area (Å²) in [5, 5.41) is 6.24. The maximum absolute atomic E-state index is 12.0. The van der Waals surface area contributed by atoms with Gasteiger partial charge in [-0.05, 0) is 25.7 Å². The Bertz CT molecular complexity index is 337. The number of nitrogens with one attached hydrogen (secondary N) is 2. The van der Waals surface area contributed by atoms with Crippen LogP contribution in [0.3, 0.4) is 0 Å². The minimum Gasteiger partial charge on any atom is -0.382 e. The van der Waals surface area contributed by atoms with E-state index in [1.165, 1.54) is 6.42 Å². The summed E-state index contributed by atoms with van der Waals surface area (Å²) in [7, 11) is 3.36. The van der Waals surface area contributed by atoms with Gasteiger partial charge in [0.05, 0.1) is 19.8 Å². The Hall–Kier alpha value is -0.610. The first-order chi connectivity index (χ1) is 10.8. The third-order valence-corrected chi connectivity index (χ3v) is 3.53. The molecule has 0 aliphatic carbocycles. The highest BCUT2D eigenvalue weighted by Crippen LogP contribution is 2.08. The number of nitrogens with zero attached hydrogens (tertiary/aromatic N) is 2. The smallest absolute Gasteiger partial charge is 0.241 e. The van der Waals surface area contributed by atoms with Gasteiger partial charge in [0.2, 0.25) is 5.91 Å². The molecule has 1 fully saturated rings. The van der Waals surface area contributed by atoms with Gasteiger partial charge in [-0.3, -0.25) is 9.79 Å². The number of rotatable bonds is 9. The summed E-state index contributed by atoms with van der Waals surface area (Å²) in [5.74, 6) is 0.799. The van der Waals surface area contributed by atoms with Gasteiger partial charge in [-0.1, -0.05) is 0 Å². The van der Waals surface area contributed by atoms with Crippen molar-refractivity contribution in [1.29, 1.82) is 0 Å². The van der Waals surface area contributed by atoms with Crippen LogP contribution >= 0.6 is 24.0 Å². The summed E-state index contributed by atoms with van der Waals surface area (Å²) in [6.07, 6.45) is 4.33. The first-order valence-electron chi connectivity index (χ1n) is 8.07. The van der Waals surface area contributed by atoms with E-state index in [0.29, 0.717) is 32.3 Å². The van der Waals surface area contributed by atoms with E-state index in [0.717, 1.165) is 38.9 Å². The number of hydrogen-bond donors (Lipinski definition) is 2. The van der Waals surface area contributed by atoms with Crippen molar-refractivity contribution in [2.24, 2.45) is 4.99 Å². The number of carbonyl (C=O) groups is 1. The zero-order valence-electron chi connectivity index (χ0n) is 14.3. The van der Waals surface area contributed by atoms with Crippen molar-refractivity contribution in [2.45, 2.75) is 25.7 Å². The molecule has 8 heteroatoms. The predicted molar refractivity (Wildman–Crippen MR) is 103 cm³/mol. The number of ether oxygens (including phenoxy) is 2. The molecule has 7 nitrogen and oxygen atoms in total. The highest BCUT2D eigenvalue weighted by molar-refractivity contribution is 14.0. The van der Waals surface area contributed by atoms with E-state index in [1.54, 1.807) is 14.2 Å². The second-order valence-corrected chi connectivity index (χ2v) is 5.25. The fourth-order valence-electron chi connectivity index (χ4n) is 2.26. The van der Waals surface area contributed by atoms with Crippen LogP contribution in [-0.2, 0) is 14.3 Å². The van der Waals surface area contributed by atoms with Crippen LogP contribution in [0.25, 0.3) is 0 Å². The maximum Gasteiger partial charge on any atom is 0.241 e. The maximum atomic E-state index is 12.0. The summed E-state index contributed by atoms with van der Waals surface area (Å²) >= 11 is 0. The fourth-order valence-corrected chi connectivity index (χ4v) is 2.26. The Morgan fingerprint density at radius 3 is 2.52 bits per heavy atom. The second-order valence-electron chi connectivity index (χ2n) is 5.25. The van der Waals surface area contributed by atoms with Gasteiger partial charge in [0, 0.05) is 40.4 Å². The molecule has 1 amide bonds. The average Bonchev–Trinajstić information content (AvgIpc) is 2.57. The third-order valence-electron chi connectivity index (χ3n) is 3.53. The van der Waals surface area contributed by atoms with E-state index < -0.39 is 0 Å². The van der Waals surface area contributed by atoms with Crippen LogP contribution in [0.1, 0.15) is 25.7 Å². The van der Waals surface area contributed by atoms with Crippen LogP contribution in [0.2, 0.25) is 0 Å². The van der Waals surface area contributed by atoms with Crippen LogP contribution in [0.5, 0.6) is 0 Å². The number of aliphatic imine (C=N–C) groups is 1. The summed E-state index contributed by atoms with van der Waals surface area (Å²) in [5.41, 5.74) is 0. The number of piperidine rings is 1. The molecule has 1 rings (SSSR count). The van der Waals surface area contributed by atoms with Crippen LogP contribution in [0.4, 0.5) is 0 Å². The quantitative estimate of drug-likeness (QED) is 0.240. The van der Waals surface area contributed by atoms with E-state index >= 15 is 0 Å². The number of likely N-dealkylation sites (tertiary alicyclic amines) is 1. The molecule has 0 unspecified atom stereocenters. The molecule has 136 valence electrons. The number of amides is 1. The molecule has 0 radical (unpaired) electrons. The number of methoxy groups -OCH3 is 1. The third kappa shape index (κ3) is 10.7. The SMILES string of the molecule is CN=C(NCCCOCCOC)NCC(=O)N1CCCCC1.I. The van der Waals surface area contributed by atoms with Crippen molar-refractivity contribution in [3.05, 3.63) is 0 Å². The summed E-state index contributed by atoms with van der Waals surface area (Å²) in [6, 6.07) is 0. The van der Waals surface area contributed by atoms with Crippen LogP contribution in [-0.4, -0.2) is 76.9 Å². The van der Waals surface area contributed by atoms with Crippen molar-refractivity contribution in [1.82, 2.24) is 15.5 Å². The monoisotopic (exact) mass is 442 g/mol. The van der Waals surface area contributed by atoms with Gasteiger partial charge in [-0.25, -0.2) is 0 Å². The summed E-state index contributed by atoms with van der Waals surface area (Å²) < 4.78 is 10.3. The minimum absolute atomic E-state index is 0. The average molecular weight is 442 g/mol. The molecule has 0 aromatic carbocycles. The zero-order valence-corrected chi connectivity index (χ0v) is 16.6. The number of halogens is 1. The molecule has 23 heavy (non-hydrogen) atoms. The first-order valence-corrected chi connectivity index (χ1v) is 8.07. The van der Waals surface area contributed by atoms with E-state index in [9.17, 15) is 4.79 Å². The van der Waals surface area contributed by atoms with Crippen molar-refractivity contribution in [2.75, 3.05) is 60.2 Å². The van der Waals surface area contributed by atoms with Crippen molar-refractivity contribution in [3.63, 3.8) is 0 Å². The molecule has 0 atom stereocenters. The van der Waals surface area contributed by atoms with Crippen molar-refractivity contribution in [3.8, 4) is 0 Å². The van der Waals surface area contributed by atoms with Crippen LogP contribution in [0, 0.1) is 0 Å². The fraction of sp³-hybridized carbons (Fsp3) is 0.867. The van der Waals surface area contributed by atoms with Crippen LogP contribution < -0.4 is 10.6 Å². The lowest BCUT2D eigenvalue weighted by atomic mass is 10.1. The molecule has 0 aromatic rings. The van der Waals surface area contributed by atoms with E-state index in [1.807, 2.05) is 4.90 Å². The molecular formula is C15H31IN4O3. The topological polar surface area (TPSA) is 75.2 Å². The van der Waals surface area contributed by atoms with Gasteiger partial charge >= 0.3 is 0 Å². The highest BCUT2D eigenvalue weighted by atomic mass is 127. The number of carbonyl (C=O) groups excluding carboxylic acids is 1. The zero-order chi connectivity index (χ0) is 16.0. The van der Waals surface area contributed by atoms with E-state index in [4.69, 9.17) is 9.47 Å². The Morgan fingerprint density at radius 2 is 1.87 bits per heavy atom. The van der Waals surface area contributed by atoms with Gasteiger partial charge in [-0.15, -0.1) is 24.0 Å². The molecular weight excluding hydrogens is 411 g/mol. The normalized spacial score (nSPS) is 15.0. The summed E-state index contributed by atoms with van der Waals surface area (Å²) in [4.78, 5) is 18.1. The highest BCUT2D eigenvalue weighted by Gasteiger charge is 2.16. The van der Waals surface area contributed by atoms with Gasteiger partial charge in [0.15, 0.2) is 5.96 Å². The minimum atomic E-state index is 0. The second kappa shape index (κ2) is 14.9. The molecule has 1 aliphatic heterocycles. The lowest BCUT2D eigenvalue weighted by molar-refractivity contribution is -0.130. The first kappa shape index (κ1) is 22.4. The standard InChI is InChI=1S/C15H30N4O3.HI/c1-16-15(17-7-6-10-22-12-11-21-2)18-13-14(20)19-8-4-3-5-9-19;/h3-13H2,1-2H3,(H2,16,17,18);1H. The number of hydrogen-bond acceptors (Lipinski definition) is 4.